The molecule has 7 nitrogen and oxygen atoms in total. The van der Waals surface area contributed by atoms with Crippen LogP contribution in [0.5, 0.6) is 0 Å². The van der Waals surface area contributed by atoms with Gasteiger partial charge >= 0.3 is 0 Å². The highest BCUT2D eigenvalue weighted by Crippen LogP contribution is 2.25. The fraction of sp³-hybridized carbons (Fsp3) is 0.259. The Bertz CT molecular complexity index is 1320. The summed E-state index contributed by atoms with van der Waals surface area (Å²) in [5.41, 5.74) is 1.93. The van der Waals surface area contributed by atoms with E-state index in [0.29, 0.717) is 17.3 Å². The fourth-order valence-corrected chi connectivity index (χ4v) is 5.41. The Hall–Kier alpha value is -3.36. The van der Waals surface area contributed by atoms with Crippen molar-refractivity contribution in [3.8, 4) is 0 Å². The Morgan fingerprint density at radius 3 is 2.31 bits per heavy atom. The maximum absolute atomic E-state index is 13.7. The summed E-state index contributed by atoms with van der Waals surface area (Å²) in [4.78, 5) is 27.9. The topological polar surface area (TPSA) is 86.8 Å². The number of hydrogen-bond donors (Lipinski definition) is 1. The third-order valence-corrected chi connectivity index (χ3v) is 7.68. The van der Waals surface area contributed by atoms with Gasteiger partial charge in [0.1, 0.15) is 12.6 Å². The summed E-state index contributed by atoms with van der Waals surface area (Å²) in [6, 6.07) is 21.1. The Balaban J connectivity index is 2.02. The number of sulfonamides is 1. The second-order valence-electron chi connectivity index (χ2n) is 8.39. The van der Waals surface area contributed by atoms with E-state index in [-0.39, 0.29) is 17.3 Å². The predicted molar refractivity (Wildman–Crippen MR) is 142 cm³/mol. The Morgan fingerprint density at radius 2 is 1.67 bits per heavy atom. The maximum atomic E-state index is 13.7. The van der Waals surface area contributed by atoms with Crippen LogP contribution in [0.2, 0.25) is 5.02 Å². The SMILES string of the molecule is CCNC(=O)[C@@H](C)N(Cc1cccc(Cl)c1)C(=O)CN(c1cccc(C)c1)S(=O)(=O)c1ccccc1. The number of nitrogens with zero attached hydrogens (tertiary/aromatic N) is 2. The first-order valence-electron chi connectivity index (χ1n) is 11.6. The van der Waals surface area contributed by atoms with Gasteiger partial charge in [0.2, 0.25) is 11.8 Å². The molecule has 1 atom stereocenters. The summed E-state index contributed by atoms with van der Waals surface area (Å²) >= 11 is 6.14. The van der Waals surface area contributed by atoms with Gasteiger partial charge in [-0.05, 0) is 68.3 Å². The standard InChI is InChI=1S/C27H30ClN3O4S/c1-4-29-27(33)21(3)30(18-22-11-9-12-23(28)17-22)26(32)19-31(24-13-8-10-20(2)16-24)36(34,35)25-14-6-5-7-15-25/h5-17,21H,4,18-19H2,1-3H3,(H,29,33)/t21-/m1/s1. The molecule has 3 aromatic rings. The van der Waals surface area contributed by atoms with Gasteiger partial charge in [0, 0.05) is 18.1 Å². The van der Waals surface area contributed by atoms with Crippen molar-refractivity contribution in [3.05, 3.63) is 95.0 Å². The monoisotopic (exact) mass is 527 g/mol. The highest BCUT2D eigenvalue weighted by atomic mass is 35.5. The first-order chi connectivity index (χ1) is 17.1. The molecule has 0 unspecified atom stereocenters. The number of nitrogens with one attached hydrogen (secondary N) is 1. The summed E-state index contributed by atoms with van der Waals surface area (Å²) in [6.07, 6.45) is 0. The average Bonchev–Trinajstić information content (AvgIpc) is 2.86. The largest absolute Gasteiger partial charge is 0.355 e. The van der Waals surface area contributed by atoms with Crippen molar-refractivity contribution in [2.24, 2.45) is 0 Å². The number of rotatable bonds is 10. The highest BCUT2D eigenvalue weighted by Gasteiger charge is 2.32. The van der Waals surface area contributed by atoms with E-state index in [1.807, 2.05) is 13.0 Å². The zero-order valence-corrected chi connectivity index (χ0v) is 22.1. The smallest absolute Gasteiger partial charge is 0.264 e. The number of hydrogen-bond acceptors (Lipinski definition) is 4. The van der Waals surface area contributed by atoms with Gasteiger partial charge in [-0.2, -0.15) is 0 Å². The maximum Gasteiger partial charge on any atom is 0.264 e. The first-order valence-corrected chi connectivity index (χ1v) is 13.4. The van der Waals surface area contributed by atoms with E-state index >= 15 is 0 Å². The summed E-state index contributed by atoms with van der Waals surface area (Å²) in [5, 5.41) is 3.23. The van der Waals surface area contributed by atoms with Crippen molar-refractivity contribution in [1.82, 2.24) is 10.2 Å². The first kappa shape index (κ1) is 27.2. The molecule has 0 aromatic heterocycles. The average molecular weight is 528 g/mol. The lowest BCUT2D eigenvalue weighted by atomic mass is 10.1. The molecular weight excluding hydrogens is 498 g/mol. The van der Waals surface area contributed by atoms with Crippen LogP contribution in [0.15, 0.2) is 83.8 Å². The Labute approximate surface area is 217 Å². The number of aryl methyl sites for hydroxylation is 1. The summed E-state index contributed by atoms with van der Waals surface area (Å²) in [6.45, 7) is 5.27. The zero-order chi connectivity index (χ0) is 26.3. The molecule has 3 aromatic carbocycles. The Kier molecular flexibility index (Phi) is 9.12. The second kappa shape index (κ2) is 12.1. The molecule has 0 saturated heterocycles. The van der Waals surface area contributed by atoms with Crippen molar-refractivity contribution in [2.45, 2.75) is 38.3 Å². The molecule has 2 amide bonds. The van der Waals surface area contributed by atoms with Gasteiger partial charge in [0.25, 0.3) is 10.0 Å². The van der Waals surface area contributed by atoms with Crippen molar-refractivity contribution >= 4 is 39.1 Å². The molecule has 0 bridgehead atoms. The van der Waals surface area contributed by atoms with Gasteiger partial charge in [0.15, 0.2) is 0 Å². The minimum absolute atomic E-state index is 0.0671. The van der Waals surface area contributed by atoms with Crippen LogP contribution in [0.1, 0.15) is 25.0 Å². The highest BCUT2D eigenvalue weighted by molar-refractivity contribution is 7.92. The number of halogens is 1. The number of carbonyl (C=O) groups excluding carboxylic acids is 2. The lowest BCUT2D eigenvalue weighted by Crippen LogP contribution is -2.51. The van der Waals surface area contributed by atoms with Gasteiger partial charge in [-0.15, -0.1) is 0 Å². The lowest BCUT2D eigenvalue weighted by molar-refractivity contribution is -0.139. The quantitative estimate of drug-likeness (QED) is 0.423. The van der Waals surface area contributed by atoms with Gasteiger partial charge < -0.3 is 10.2 Å². The molecule has 0 saturated carbocycles. The van der Waals surface area contributed by atoms with Gasteiger partial charge in [0.05, 0.1) is 10.6 Å². The molecule has 36 heavy (non-hydrogen) atoms. The van der Waals surface area contributed by atoms with Crippen LogP contribution in [0.25, 0.3) is 0 Å². The third kappa shape index (κ3) is 6.65. The molecule has 0 spiro atoms. The molecule has 0 radical (unpaired) electrons. The number of carbonyl (C=O) groups is 2. The summed E-state index contributed by atoms with van der Waals surface area (Å²) in [7, 11) is -4.07. The van der Waals surface area contributed by atoms with E-state index in [4.69, 9.17) is 11.6 Å². The molecule has 0 aliphatic rings. The van der Waals surface area contributed by atoms with E-state index in [9.17, 15) is 18.0 Å². The molecular formula is C27H30ClN3O4S. The van der Waals surface area contributed by atoms with Crippen molar-refractivity contribution in [3.63, 3.8) is 0 Å². The van der Waals surface area contributed by atoms with Gasteiger partial charge in [-0.3, -0.25) is 13.9 Å². The van der Waals surface area contributed by atoms with Crippen molar-refractivity contribution in [1.29, 1.82) is 0 Å². The molecule has 1 N–H and O–H groups in total. The van der Waals surface area contributed by atoms with Gasteiger partial charge in [-0.1, -0.05) is 54.1 Å². The minimum atomic E-state index is -4.07. The second-order valence-corrected chi connectivity index (χ2v) is 10.7. The zero-order valence-electron chi connectivity index (χ0n) is 20.5. The molecule has 0 aliphatic heterocycles. The molecule has 190 valence electrons. The normalized spacial score (nSPS) is 12.0. The number of benzene rings is 3. The van der Waals surface area contributed by atoms with Crippen LogP contribution in [0.3, 0.4) is 0 Å². The molecule has 0 aliphatic carbocycles. The Morgan fingerprint density at radius 1 is 0.972 bits per heavy atom. The van der Waals surface area contributed by atoms with Crippen LogP contribution in [0.4, 0.5) is 5.69 Å². The van der Waals surface area contributed by atoms with Crippen LogP contribution in [-0.2, 0) is 26.2 Å². The lowest BCUT2D eigenvalue weighted by Gasteiger charge is -2.32. The summed E-state index contributed by atoms with van der Waals surface area (Å²) in [5.74, 6) is -0.851. The van der Waals surface area contributed by atoms with Crippen LogP contribution in [0, 0.1) is 6.92 Å². The van der Waals surface area contributed by atoms with E-state index in [1.165, 1.54) is 17.0 Å². The fourth-order valence-electron chi connectivity index (χ4n) is 3.77. The van der Waals surface area contributed by atoms with Gasteiger partial charge in [-0.25, -0.2) is 8.42 Å². The molecule has 3 rings (SSSR count). The third-order valence-electron chi connectivity index (χ3n) is 5.66. The number of likely N-dealkylation sites (N-methyl/N-ethyl adjacent to an activating group) is 1. The van der Waals surface area contributed by atoms with E-state index in [2.05, 4.69) is 5.32 Å². The van der Waals surface area contributed by atoms with Crippen molar-refractivity contribution in [2.75, 3.05) is 17.4 Å². The van der Waals surface area contributed by atoms with E-state index in [0.717, 1.165) is 15.4 Å². The van der Waals surface area contributed by atoms with E-state index < -0.39 is 28.5 Å². The van der Waals surface area contributed by atoms with Crippen LogP contribution < -0.4 is 9.62 Å². The van der Waals surface area contributed by atoms with E-state index in [1.54, 1.807) is 74.5 Å². The van der Waals surface area contributed by atoms with Crippen LogP contribution >= 0.6 is 11.6 Å². The minimum Gasteiger partial charge on any atom is -0.355 e. The van der Waals surface area contributed by atoms with Crippen molar-refractivity contribution < 1.29 is 18.0 Å². The number of anilines is 1. The molecule has 0 heterocycles. The van der Waals surface area contributed by atoms with Crippen LogP contribution in [-0.4, -0.2) is 44.3 Å². The predicted octanol–water partition coefficient (Wildman–Crippen LogP) is 4.40. The molecule has 0 fully saturated rings. The summed E-state index contributed by atoms with van der Waals surface area (Å²) < 4.78 is 28.4. The number of amides is 2. The molecule has 9 heteroatoms.